The number of carbonyl (C=O) groups excluding carboxylic acids is 2. The standard InChI is InChI=1S/C46H70O8/c1-5-9-13-15-17-29-43(47)53-37(33-49-31-23-11-7-3)35-51-45-39-25-19-21-27-41(39)46(42-28-22-20-26-40(42)45)52-36-38(34-50-32-24-12-8-4)54-44(48)30-18-16-14-10-6-2/h19-22,25-28,37-38H,5-18,23-24,29-36H2,1-4H3. The maximum absolute atomic E-state index is 12.9. The highest BCUT2D eigenvalue weighted by atomic mass is 16.6. The molecule has 0 fully saturated rings. The van der Waals surface area contributed by atoms with Gasteiger partial charge in [-0.15, -0.1) is 0 Å². The lowest BCUT2D eigenvalue weighted by Gasteiger charge is -2.23. The molecule has 3 aromatic rings. The molecule has 0 amide bonds. The van der Waals surface area contributed by atoms with Gasteiger partial charge in [-0.1, -0.05) is 153 Å². The van der Waals surface area contributed by atoms with Gasteiger partial charge in [0.15, 0.2) is 12.2 Å². The van der Waals surface area contributed by atoms with Crippen molar-refractivity contribution in [2.45, 2.75) is 155 Å². The van der Waals surface area contributed by atoms with Gasteiger partial charge in [-0.05, 0) is 25.7 Å². The molecule has 0 aromatic heterocycles. The zero-order chi connectivity index (χ0) is 38.6. The third-order valence-corrected chi connectivity index (χ3v) is 9.62. The second kappa shape index (κ2) is 28.1. The molecule has 3 rings (SSSR count). The van der Waals surface area contributed by atoms with Crippen molar-refractivity contribution in [1.29, 1.82) is 0 Å². The van der Waals surface area contributed by atoms with E-state index in [0.29, 0.717) is 37.6 Å². The summed E-state index contributed by atoms with van der Waals surface area (Å²) in [6.45, 7) is 10.8. The molecule has 0 radical (unpaired) electrons. The highest BCUT2D eigenvalue weighted by Gasteiger charge is 2.22. The van der Waals surface area contributed by atoms with Crippen molar-refractivity contribution in [3.05, 3.63) is 48.5 Å². The minimum Gasteiger partial charge on any atom is -0.488 e. The Bertz CT molecular complexity index is 1290. The molecule has 8 heteroatoms. The highest BCUT2D eigenvalue weighted by Crippen LogP contribution is 2.43. The fourth-order valence-electron chi connectivity index (χ4n) is 6.52. The molecule has 0 aliphatic heterocycles. The smallest absolute Gasteiger partial charge is 0.306 e. The van der Waals surface area contributed by atoms with E-state index < -0.39 is 12.2 Å². The first-order chi connectivity index (χ1) is 26.5. The first-order valence-electron chi connectivity index (χ1n) is 21.3. The van der Waals surface area contributed by atoms with Crippen molar-refractivity contribution >= 4 is 33.5 Å². The lowest BCUT2D eigenvalue weighted by atomic mass is 10.0. The summed E-state index contributed by atoms with van der Waals surface area (Å²) in [7, 11) is 0. The van der Waals surface area contributed by atoms with Crippen LogP contribution in [0.5, 0.6) is 11.5 Å². The van der Waals surface area contributed by atoms with E-state index in [4.69, 9.17) is 28.4 Å². The first-order valence-corrected chi connectivity index (χ1v) is 21.3. The average Bonchev–Trinajstić information content (AvgIpc) is 3.18. The molecule has 0 saturated heterocycles. The molecule has 54 heavy (non-hydrogen) atoms. The van der Waals surface area contributed by atoms with Crippen LogP contribution in [0.3, 0.4) is 0 Å². The van der Waals surface area contributed by atoms with Gasteiger partial charge in [-0.25, -0.2) is 0 Å². The van der Waals surface area contributed by atoms with E-state index in [1.807, 2.05) is 48.5 Å². The fraction of sp³-hybridized carbons (Fsp3) is 0.652. The van der Waals surface area contributed by atoms with Crippen molar-refractivity contribution in [3.63, 3.8) is 0 Å². The lowest BCUT2D eigenvalue weighted by Crippen LogP contribution is -2.30. The van der Waals surface area contributed by atoms with Gasteiger partial charge in [-0.2, -0.15) is 0 Å². The molecule has 0 heterocycles. The van der Waals surface area contributed by atoms with Crippen molar-refractivity contribution in [2.24, 2.45) is 0 Å². The molecule has 0 aliphatic rings. The summed E-state index contributed by atoms with van der Waals surface area (Å²) in [5.74, 6) is 0.976. The predicted molar refractivity (Wildman–Crippen MR) is 220 cm³/mol. The summed E-state index contributed by atoms with van der Waals surface area (Å²) in [5, 5.41) is 3.53. The molecule has 3 aromatic carbocycles. The second-order valence-electron chi connectivity index (χ2n) is 14.5. The maximum Gasteiger partial charge on any atom is 0.306 e. The molecule has 2 atom stereocenters. The van der Waals surface area contributed by atoms with Crippen molar-refractivity contribution in [1.82, 2.24) is 0 Å². The molecule has 0 N–H and O–H groups in total. The summed E-state index contributed by atoms with van der Waals surface area (Å²) in [4.78, 5) is 25.8. The highest BCUT2D eigenvalue weighted by molar-refractivity contribution is 6.11. The average molecular weight is 751 g/mol. The third-order valence-electron chi connectivity index (χ3n) is 9.62. The van der Waals surface area contributed by atoms with Gasteiger partial charge in [0.1, 0.15) is 24.7 Å². The van der Waals surface area contributed by atoms with Gasteiger partial charge in [0.05, 0.1) is 13.2 Å². The second-order valence-corrected chi connectivity index (χ2v) is 14.5. The molecule has 0 spiro atoms. The predicted octanol–water partition coefficient (Wildman–Crippen LogP) is 11.7. The number of carbonyl (C=O) groups is 2. The van der Waals surface area contributed by atoms with Gasteiger partial charge >= 0.3 is 11.9 Å². The number of benzene rings is 3. The summed E-state index contributed by atoms with van der Waals surface area (Å²) in [6, 6.07) is 16.0. The van der Waals surface area contributed by atoms with Crippen LogP contribution in [0.4, 0.5) is 0 Å². The summed E-state index contributed by atoms with van der Waals surface area (Å²) in [5.41, 5.74) is 0. The van der Waals surface area contributed by atoms with E-state index in [1.54, 1.807) is 0 Å². The summed E-state index contributed by atoms with van der Waals surface area (Å²) >= 11 is 0. The topological polar surface area (TPSA) is 89.5 Å². The maximum atomic E-state index is 12.9. The van der Waals surface area contributed by atoms with Crippen LogP contribution in [0, 0.1) is 0 Å². The zero-order valence-corrected chi connectivity index (χ0v) is 34.0. The minimum atomic E-state index is -0.539. The lowest BCUT2D eigenvalue weighted by molar-refractivity contribution is -0.155. The Hall–Kier alpha value is -3.36. The van der Waals surface area contributed by atoms with Crippen LogP contribution < -0.4 is 9.47 Å². The molecule has 0 bridgehead atoms. The Kier molecular flexibility index (Phi) is 23.4. The van der Waals surface area contributed by atoms with E-state index in [0.717, 1.165) is 98.6 Å². The summed E-state index contributed by atoms with van der Waals surface area (Å²) in [6.07, 6.45) is 16.7. The molecule has 8 nitrogen and oxygen atoms in total. The largest absolute Gasteiger partial charge is 0.488 e. The van der Waals surface area contributed by atoms with Crippen LogP contribution in [-0.4, -0.2) is 63.8 Å². The number of unbranched alkanes of at least 4 members (excludes halogenated alkanes) is 12. The molecule has 2 unspecified atom stereocenters. The normalized spacial score (nSPS) is 12.5. The van der Waals surface area contributed by atoms with Gasteiger partial charge in [0.2, 0.25) is 0 Å². The van der Waals surface area contributed by atoms with Gasteiger partial charge < -0.3 is 28.4 Å². The number of hydrogen-bond acceptors (Lipinski definition) is 8. The molecule has 0 aliphatic carbocycles. The Morgan fingerprint density at radius 1 is 0.444 bits per heavy atom. The molecular formula is C46H70O8. The molecule has 302 valence electrons. The van der Waals surface area contributed by atoms with Crippen LogP contribution in [0.2, 0.25) is 0 Å². The quantitative estimate of drug-likeness (QED) is 0.0354. The third kappa shape index (κ3) is 17.0. The Balaban J connectivity index is 1.80. The van der Waals surface area contributed by atoms with E-state index in [1.165, 1.54) is 25.7 Å². The monoisotopic (exact) mass is 751 g/mol. The zero-order valence-electron chi connectivity index (χ0n) is 34.0. The number of hydrogen-bond donors (Lipinski definition) is 0. The first kappa shape index (κ1) is 45.0. The van der Waals surface area contributed by atoms with E-state index in [9.17, 15) is 9.59 Å². The van der Waals surface area contributed by atoms with Gasteiger partial charge in [-0.3, -0.25) is 9.59 Å². The molecular weight excluding hydrogens is 680 g/mol. The Labute approximate surface area is 325 Å². The minimum absolute atomic E-state index is 0.162. The number of fused-ring (bicyclic) bond motifs is 2. The summed E-state index contributed by atoms with van der Waals surface area (Å²) < 4.78 is 37.1. The van der Waals surface area contributed by atoms with E-state index in [2.05, 4.69) is 27.7 Å². The van der Waals surface area contributed by atoms with E-state index >= 15 is 0 Å². The fourth-order valence-corrected chi connectivity index (χ4v) is 6.52. The Morgan fingerprint density at radius 2 is 0.778 bits per heavy atom. The van der Waals surface area contributed by atoms with Crippen LogP contribution in [0.1, 0.15) is 143 Å². The van der Waals surface area contributed by atoms with Gasteiger partial charge in [0.25, 0.3) is 0 Å². The number of ether oxygens (including phenoxy) is 6. The van der Waals surface area contributed by atoms with Crippen LogP contribution >= 0.6 is 0 Å². The Morgan fingerprint density at radius 3 is 1.13 bits per heavy atom. The van der Waals surface area contributed by atoms with Crippen LogP contribution in [0.25, 0.3) is 21.5 Å². The van der Waals surface area contributed by atoms with E-state index in [-0.39, 0.29) is 38.4 Å². The van der Waals surface area contributed by atoms with Crippen LogP contribution in [0.15, 0.2) is 48.5 Å². The van der Waals surface area contributed by atoms with Crippen molar-refractivity contribution < 1.29 is 38.0 Å². The SMILES string of the molecule is CCCCCCCC(=O)OC(COCCCCC)COc1c2ccccc2c(OCC(COCCCCC)OC(=O)CCCCCCC)c2ccccc12. The number of esters is 2. The number of rotatable bonds is 32. The molecule has 0 saturated carbocycles. The van der Waals surface area contributed by atoms with Crippen LogP contribution in [-0.2, 0) is 28.5 Å². The van der Waals surface area contributed by atoms with Gasteiger partial charge in [0, 0.05) is 47.6 Å². The van der Waals surface area contributed by atoms with Crippen molar-refractivity contribution in [3.8, 4) is 11.5 Å². The van der Waals surface area contributed by atoms with Crippen molar-refractivity contribution in [2.75, 3.05) is 39.6 Å².